The highest BCUT2D eigenvalue weighted by molar-refractivity contribution is 7.16. The third kappa shape index (κ3) is 2.36. The lowest BCUT2D eigenvalue weighted by molar-refractivity contribution is 0.0599. The van der Waals surface area contributed by atoms with E-state index in [0.29, 0.717) is 5.41 Å². The highest BCUT2D eigenvalue weighted by atomic mass is 32.1. The third-order valence-electron chi connectivity index (χ3n) is 5.14. The van der Waals surface area contributed by atoms with Crippen molar-refractivity contribution in [3.63, 3.8) is 0 Å². The number of nitrogens with zero attached hydrogens (tertiary/aromatic N) is 1. The van der Waals surface area contributed by atoms with Crippen molar-refractivity contribution >= 4 is 22.3 Å². The second kappa shape index (κ2) is 5.61. The monoisotopic (exact) mass is 308 g/mol. The molecule has 0 radical (unpaired) electrons. The lowest BCUT2D eigenvalue weighted by Gasteiger charge is -2.50. The number of esters is 1. The van der Waals surface area contributed by atoms with E-state index in [0.717, 1.165) is 43.2 Å². The molecule has 21 heavy (non-hydrogen) atoms. The molecule has 0 bridgehead atoms. The van der Waals surface area contributed by atoms with Crippen LogP contribution in [-0.2, 0) is 17.7 Å². The molecule has 0 unspecified atom stereocenters. The van der Waals surface area contributed by atoms with Crippen LogP contribution in [0.1, 0.15) is 47.5 Å². The van der Waals surface area contributed by atoms with Crippen LogP contribution in [0.5, 0.6) is 0 Å². The Labute approximate surface area is 130 Å². The van der Waals surface area contributed by atoms with E-state index < -0.39 is 0 Å². The maximum Gasteiger partial charge on any atom is 0.341 e. The Bertz CT molecular complexity index is 541. The molecule has 0 aliphatic carbocycles. The van der Waals surface area contributed by atoms with Gasteiger partial charge in [-0.05, 0) is 31.4 Å². The first-order valence-electron chi connectivity index (χ1n) is 7.82. The zero-order valence-corrected chi connectivity index (χ0v) is 13.9. The first kappa shape index (κ1) is 14.9. The fourth-order valence-corrected chi connectivity index (χ4v) is 4.76. The van der Waals surface area contributed by atoms with Gasteiger partial charge in [-0.15, -0.1) is 11.3 Å². The van der Waals surface area contributed by atoms with Crippen molar-refractivity contribution in [1.82, 2.24) is 5.32 Å². The fraction of sp³-hybridized carbons (Fsp3) is 0.688. The van der Waals surface area contributed by atoms with Gasteiger partial charge in [0.15, 0.2) is 0 Å². The fourth-order valence-electron chi connectivity index (χ4n) is 3.46. The van der Waals surface area contributed by atoms with Crippen LogP contribution >= 0.6 is 11.3 Å². The topological polar surface area (TPSA) is 41.6 Å². The van der Waals surface area contributed by atoms with E-state index in [1.807, 2.05) is 0 Å². The summed E-state index contributed by atoms with van der Waals surface area (Å²) in [7, 11) is 1.48. The maximum absolute atomic E-state index is 12.2. The molecule has 2 aliphatic rings. The minimum absolute atomic E-state index is 0.171. The van der Waals surface area contributed by atoms with Crippen molar-refractivity contribution in [2.24, 2.45) is 5.41 Å². The van der Waals surface area contributed by atoms with E-state index in [2.05, 4.69) is 24.1 Å². The van der Waals surface area contributed by atoms with E-state index in [-0.39, 0.29) is 5.97 Å². The van der Waals surface area contributed by atoms with Crippen molar-refractivity contribution in [2.45, 2.75) is 39.7 Å². The summed E-state index contributed by atoms with van der Waals surface area (Å²) >= 11 is 1.77. The van der Waals surface area contributed by atoms with E-state index in [1.54, 1.807) is 11.3 Å². The molecule has 4 nitrogen and oxygen atoms in total. The standard InChI is InChI=1S/C16H24N2O2S/c1-4-16(5-2)9-18(10-16)14-13(15(19)20-3)11-6-7-17-8-12(11)21-14/h17H,4-10H2,1-3H3. The maximum atomic E-state index is 12.2. The number of rotatable bonds is 4. The van der Waals surface area contributed by atoms with Gasteiger partial charge in [0.1, 0.15) is 5.00 Å². The SMILES string of the molecule is CCC1(CC)CN(c2sc3c(c2C(=O)OC)CCNC3)C1. The van der Waals surface area contributed by atoms with E-state index in [4.69, 9.17) is 4.74 Å². The largest absolute Gasteiger partial charge is 0.465 e. The van der Waals surface area contributed by atoms with Crippen LogP contribution in [-0.4, -0.2) is 32.7 Å². The summed E-state index contributed by atoms with van der Waals surface area (Å²) in [5.74, 6) is -0.171. The third-order valence-corrected chi connectivity index (χ3v) is 6.43. The second-order valence-corrected chi connectivity index (χ2v) is 7.25. The molecule has 0 atom stereocenters. The number of hydrogen-bond acceptors (Lipinski definition) is 5. The van der Waals surface area contributed by atoms with Crippen LogP contribution in [0.4, 0.5) is 5.00 Å². The van der Waals surface area contributed by atoms with Crippen LogP contribution in [0.15, 0.2) is 0 Å². The number of carbonyl (C=O) groups is 1. The van der Waals surface area contributed by atoms with Gasteiger partial charge in [-0.1, -0.05) is 13.8 Å². The number of carbonyl (C=O) groups excluding carboxylic acids is 1. The second-order valence-electron chi connectivity index (χ2n) is 6.17. The van der Waals surface area contributed by atoms with Crippen LogP contribution in [0, 0.1) is 5.41 Å². The number of thiophene rings is 1. The van der Waals surface area contributed by atoms with Gasteiger partial charge in [0.2, 0.25) is 0 Å². The number of anilines is 1. The molecule has 0 aromatic carbocycles. The first-order valence-corrected chi connectivity index (χ1v) is 8.64. The van der Waals surface area contributed by atoms with Gasteiger partial charge in [-0.25, -0.2) is 4.79 Å². The average molecular weight is 308 g/mol. The summed E-state index contributed by atoms with van der Waals surface area (Å²) < 4.78 is 5.05. The molecule has 0 saturated carbocycles. The molecule has 1 saturated heterocycles. The molecule has 1 aromatic rings. The van der Waals surface area contributed by atoms with Crippen molar-refractivity contribution in [1.29, 1.82) is 0 Å². The zero-order chi connectivity index (χ0) is 15.0. The van der Waals surface area contributed by atoms with Crippen LogP contribution < -0.4 is 10.2 Å². The molecule has 3 heterocycles. The number of methoxy groups -OCH3 is 1. The first-order chi connectivity index (χ1) is 10.1. The van der Waals surface area contributed by atoms with Crippen LogP contribution in [0.2, 0.25) is 0 Å². The average Bonchev–Trinajstić information content (AvgIpc) is 2.85. The molecule has 3 rings (SSSR count). The summed E-state index contributed by atoms with van der Waals surface area (Å²) in [5, 5.41) is 4.52. The van der Waals surface area contributed by atoms with Gasteiger partial charge < -0.3 is 15.0 Å². The summed E-state index contributed by atoms with van der Waals surface area (Å²) in [6.07, 6.45) is 3.34. The molecule has 2 aliphatic heterocycles. The quantitative estimate of drug-likeness (QED) is 0.869. The normalized spacial score (nSPS) is 19.9. The van der Waals surface area contributed by atoms with Gasteiger partial charge in [-0.2, -0.15) is 0 Å². The predicted octanol–water partition coefficient (Wildman–Crippen LogP) is 2.81. The van der Waals surface area contributed by atoms with Gasteiger partial charge in [0, 0.05) is 29.9 Å². The molecular weight excluding hydrogens is 284 g/mol. The van der Waals surface area contributed by atoms with Crippen LogP contribution in [0.25, 0.3) is 0 Å². The number of fused-ring (bicyclic) bond motifs is 1. The number of hydrogen-bond donors (Lipinski definition) is 1. The van der Waals surface area contributed by atoms with Gasteiger partial charge in [0.05, 0.1) is 12.7 Å². The lowest BCUT2D eigenvalue weighted by Crippen LogP contribution is -2.56. The highest BCUT2D eigenvalue weighted by Gasteiger charge is 2.42. The Kier molecular flexibility index (Phi) is 3.97. The Morgan fingerprint density at radius 3 is 2.71 bits per heavy atom. The zero-order valence-electron chi connectivity index (χ0n) is 13.1. The predicted molar refractivity (Wildman–Crippen MR) is 86.3 cm³/mol. The summed E-state index contributed by atoms with van der Waals surface area (Å²) in [5.41, 5.74) is 2.49. The molecule has 1 fully saturated rings. The van der Waals surface area contributed by atoms with Gasteiger partial charge in [-0.3, -0.25) is 0 Å². The van der Waals surface area contributed by atoms with E-state index in [1.165, 1.54) is 30.4 Å². The Morgan fingerprint density at radius 1 is 1.38 bits per heavy atom. The highest BCUT2D eigenvalue weighted by Crippen LogP contribution is 2.46. The molecule has 0 amide bonds. The minimum atomic E-state index is -0.171. The van der Waals surface area contributed by atoms with Crippen LogP contribution in [0.3, 0.4) is 0 Å². The van der Waals surface area contributed by atoms with Gasteiger partial charge in [0.25, 0.3) is 0 Å². The number of ether oxygens (including phenoxy) is 1. The molecular formula is C16H24N2O2S. The minimum Gasteiger partial charge on any atom is -0.465 e. The van der Waals surface area contributed by atoms with Gasteiger partial charge >= 0.3 is 5.97 Å². The lowest BCUT2D eigenvalue weighted by atomic mass is 9.75. The smallest absolute Gasteiger partial charge is 0.341 e. The molecule has 1 N–H and O–H groups in total. The summed E-state index contributed by atoms with van der Waals surface area (Å²) in [6.45, 7) is 8.50. The molecule has 5 heteroatoms. The summed E-state index contributed by atoms with van der Waals surface area (Å²) in [4.78, 5) is 15.9. The Hall–Kier alpha value is -1.07. The van der Waals surface area contributed by atoms with Crippen molar-refractivity contribution in [3.05, 3.63) is 16.0 Å². The van der Waals surface area contributed by atoms with Crippen molar-refractivity contribution in [3.8, 4) is 0 Å². The van der Waals surface area contributed by atoms with E-state index >= 15 is 0 Å². The van der Waals surface area contributed by atoms with E-state index in [9.17, 15) is 4.79 Å². The number of nitrogens with one attached hydrogen (secondary N) is 1. The molecule has 0 spiro atoms. The Morgan fingerprint density at radius 2 is 2.10 bits per heavy atom. The summed E-state index contributed by atoms with van der Waals surface area (Å²) in [6, 6.07) is 0. The molecule has 116 valence electrons. The molecule has 1 aromatic heterocycles. The van der Waals surface area contributed by atoms with Crippen molar-refractivity contribution in [2.75, 3.05) is 31.6 Å². The van der Waals surface area contributed by atoms with Crippen molar-refractivity contribution < 1.29 is 9.53 Å². The Balaban J connectivity index is 1.92.